The smallest absolute Gasteiger partial charge is 0.0635 e. The molecule has 0 amide bonds. The van der Waals surface area contributed by atoms with Crippen LogP contribution in [0.5, 0.6) is 0 Å². The van der Waals surface area contributed by atoms with E-state index in [4.69, 9.17) is 5.73 Å². The number of nitrogen functional groups attached to an aromatic ring is 1. The Kier molecular flexibility index (Phi) is 2.44. The van der Waals surface area contributed by atoms with Gasteiger partial charge in [0.25, 0.3) is 0 Å². The largest absolute Gasteiger partial charge is 0.397 e. The summed E-state index contributed by atoms with van der Waals surface area (Å²) in [5.41, 5.74) is 9.24. The lowest BCUT2D eigenvalue weighted by atomic mass is 10.0. The number of aromatic nitrogens is 1. The predicted molar refractivity (Wildman–Crippen MR) is 59.2 cm³/mol. The molecule has 0 aromatic carbocycles. The molecular weight excluding hydrogens is 172 g/mol. The van der Waals surface area contributed by atoms with Crippen molar-refractivity contribution in [3.8, 4) is 0 Å². The van der Waals surface area contributed by atoms with E-state index >= 15 is 0 Å². The van der Waals surface area contributed by atoms with Crippen LogP contribution in [0.4, 0.5) is 5.69 Å². The molecule has 2 N–H and O–H groups in total. The zero-order valence-corrected chi connectivity index (χ0v) is 8.96. The second-order valence-electron chi connectivity index (χ2n) is 4.68. The lowest BCUT2D eigenvalue weighted by Crippen LogP contribution is -2.03. The van der Waals surface area contributed by atoms with Crippen LogP contribution in [0.3, 0.4) is 0 Å². The third-order valence-electron chi connectivity index (χ3n) is 2.68. The molecule has 2 heteroatoms. The molecule has 0 bridgehead atoms. The summed E-state index contributed by atoms with van der Waals surface area (Å²) in [6.45, 7) is 4.38. The normalized spacial score (nSPS) is 16.2. The van der Waals surface area contributed by atoms with Crippen LogP contribution >= 0.6 is 0 Å². The van der Waals surface area contributed by atoms with Crippen molar-refractivity contribution in [2.24, 2.45) is 5.92 Å². The van der Waals surface area contributed by atoms with Crippen molar-refractivity contribution in [2.75, 3.05) is 5.73 Å². The Morgan fingerprint density at radius 2 is 2.21 bits per heavy atom. The first kappa shape index (κ1) is 9.50. The fraction of sp³-hybridized carbons (Fsp3) is 0.583. The molecule has 1 aliphatic carbocycles. The van der Waals surface area contributed by atoms with Gasteiger partial charge in [0.15, 0.2) is 0 Å². The van der Waals surface area contributed by atoms with Crippen molar-refractivity contribution in [2.45, 2.75) is 39.0 Å². The molecule has 14 heavy (non-hydrogen) atoms. The summed E-state index contributed by atoms with van der Waals surface area (Å²) in [4.78, 5) is 4.45. The highest BCUT2D eigenvalue weighted by molar-refractivity contribution is 5.46. The van der Waals surface area contributed by atoms with Gasteiger partial charge >= 0.3 is 0 Å². The summed E-state index contributed by atoms with van der Waals surface area (Å²) in [5, 5.41) is 0. The summed E-state index contributed by atoms with van der Waals surface area (Å²) >= 11 is 0. The topological polar surface area (TPSA) is 38.9 Å². The lowest BCUT2D eigenvalue weighted by Gasteiger charge is -2.08. The van der Waals surface area contributed by atoms with Gasteiger partial charge in [0.05, 0.1) is 11.4 Å². The first-order valence-electron chi connectivity index (χ1n) is 5.41. The average molecular weight is 190 g/mol. The van der Waals surface area contributed by atoms with Gasteiger partial charge in [0.1, 0.15) is 0 Å². The van der Waals surface area contributed by atoms with Crippen molar-refractivity contribution in [1.82, 2.24) is 4.98 Å². The molecule has 0 atom stereocenters. The molecule has 0 aliphatic heterocycles. The first-order valence-corrected chi connectivity index (χ1v) is 5.41. The lowest BCUT2D eigenvalue weighted by molar-refractivity contribution is 0.636. The maximum atomic E-state index is 5.97. The first-order chi connectivity index (χ1) is 6.66. The summed E-state index contributed by atoms with van der Waals surface area (Å²) in [6, 6.07) is 2.11. The van der Waals surface area contributed by atoms with Crippen LogP contribution in [0.15, 0.2) is 12.3 Å². The van der Waals surface area contributed by atoms with Gasteiger partial charge in [-0.3, -0.25) is 4.98 Å². The third kappa shape index (κ3) is 2.06. The van der Waals surface area contributed by atoms with Crippen LogP contribution in [-0.4, -0.2) is 4.98 Å². The van der Waals surface area contributed by atoms with Crippen molar-refractivity contribution < 1.29 is 0 Å². The van der Waals surface area contributed by atoms with E-state index in [2.05, 4.69) is 24.9 Å². The Bertz CT molecular complexity index is 327. The molecule has 1 aromatic rings. The maximum absolute atomic E-state index is 5.97. The van der Waals surface area contributed by atoms with Gasteiger partial charge in [0, 0.05) is 6.20 Å². The average Bonchev–Trinajstić information content (AvgIpc) is 2.90. The van der Waals surface area contributed by atoms with E-state index in [0.717, 1.165) is 23.7 Å². The summed E-state index contributed by atoms with van der Waals surface area (Å²) in [5.74, 6) is 1.37. The second-order valence-corrected chi connectivity index (χ2v) is 4.68. The van der Waals surface area contributed by atoms with E-state index in [1.54, 1.807) is 0 Å². The summed E-state index contributed by atoms with van der Waals surface area (Å²) < 4.78 is 0. The van der Waals surface area contributed by atoms with Crippen molar-refractivity contribution >= 4 is 5.69 Å². The van der Waals surface area contributed by atoms with Gasteiger partial charge in [-0.05, 0) is 42.7 Å². The van der Waals surface area contributed by atoms with Crippen LogP contribution < -0.4 is 5.73 Å². The number of rotatable bonds is 3. The zero-order chi connectivity index (χ0) is 10.1. The van der Waals surface area contributed by atoms with Gasteiger partial charge in [-0.1, -0.05) is 13.8 Å². The van der Waals surface area contributed by atoms with Crippen LogP contribution in [0.1, 0.15) is 43.9 Å². The summed E-state index contributed by atoms with van der Waals surface area (Å²) in [6.07, 6.45) is 5.61. The molecule has 1 saturated carbocycles. The highest BCUT2D eigenvalue weighted by Crippen LogP contribution is 2.40. The van der Waals surface area contributed by atoms with E-state index in [0.29, 0.717) is 5.92 Å². The highest BCUT2D eigenvalue weighted by atomic mass is 14.7. The van der Waals surface area contributed by atoms with Gasteiger partial charge in [-0.15, -0.1) is 0 Å². The summed E-state index contributed by atoms with van der Waals surface area (Å²) in [7, 11) is 0. The Labute approximate surface area is 85.5 Å². The fourth-order valence-corrected chi connectivity index (χ4v) is 1.72. The Morgan fingerprint density at radius 1 is 1.50 bits per heavy atom. The number of anilines is 1. The van der Waals surface area contributed by atoms with E-state index in [1.807, 2.05) is 6.20 Å². The second kappa shape index (κ2) is 3.60. The van der Waals surface area contributed by atoms with Gasteiger partial charge in [0.2, 0.25) is 0 Å². The molecule has 0 spiro atoms. The Hall–Kier alpha value is -1.05. The number of nitrogens with two attached hydrogens (primary N) is 1. The van der Waals surface area contributed by atoms with Crippen molar-refractivity contribution in [3.63, 3.8) is 0 Å². The molecule has 1 aliphatic rings. The van der Waals surface area contributed by atoms with Crippen LogP contribution in [-0.2, 0) is 6.42 Å². The minimum atomic E-state index is 0.622. The number of nitrogens with zero attached hydrogens (tertiary/aromatic N) is 1. The number of hydrogen-bond acceptors (Lipinski definition) is 2. The minimum absolute atomic E-state index is 0.622. The highest BCUT2D eigenvalue weighted by Gasteiger charge is 2.24. The third-order valence-corrected chi connectivity index (χ3v) is 2.68. The van der Waals surface area contributed by atoms with Crippen molar-refractivity contribution in [1.29, 1.82) is 0 Å². The molecule has 0 unspecified atom stereocenters. The zero-order valence-electron chi connectivity index (χ0n) is 8.96. The van der Waals surface area contributed by atoms with Crippen LogP contribution in [0, 0.1) is 5.92 Å². The van der Waals surface area contributed by atoms with Gasteiger partial charge < -0.3 is 5.73 Å². The molecule has 0 saturated heterocycles. The standard InChI is InChI=1S/C12H18N2/c1-8(2)5-12-11(13)6-10(7-14-12)9-3-4-9/h6-9H,3-5,13H2,1-2H3. The Balaban J connectivity index is 2.17. The molecule has 2 nitrogen and oxygen atoms in total. The predicted octanol–water partition coefficient (Wildman–Crippen LogP) is 2.74. The van der Waals surface area contributed by atoms with Gasteiger partial charge in [-0.25, -0.2) is 0 Å². The molecular formula is C12H18N2. The fourth-order valence-electron chi connectivity index (χ4n) is 1.72. The molecule has 0 radical (unpaired) electrons. The van der Waals surface area contributed by atoms with E-state index < -0.39 is 0 Å². The molecule has 2 rings (SSSR count). The number of hydrogen-bond donors (Lipinski definition) is 1. The van der Waals surface area contributed by atoms with E-state index in [-0.39, 0.29) is 0 Å². The minimum Gasteiger partial charge on any atom is -0.397 e. The van der Waals surface area contributed by atoms with E-state index in [9.17, 15) is 0 Å². The monoisotopic (exact) mass is 190 g/mol. The van der Waals surface area contributed by atoms with Crippen LogP contribution in [0.2, 0.25) is 0 Å². The molecule has 1 fully saturated rings. The van der Waals surface area contributed by atoms with Crippen molar-refractivity contribution in [3.05, 3.63) is 23.5 Å². The molecule has 76 valence electrons. The molecule has 1 aromatic heterocycles. The van der Waals surface area contributed by atoms with Crippen LogP contribution in [0.25, 0.3) is 0 Å². The Morgan fingerprint density at radius 3 is 2.71 bits per heavy atom. The molecule has 1 heterocycles. The van der Waals surface area contributed by atoms with Gasteiger partial charge in [-0.2, -0.15) is 0 Å². The maximum Gasteiger partial charge on any atom is 0.0635 e. The SMILES string of the molecule is CC(C)Cc1ncc(C2CC2)cc1N. The quantitative estimate of drug-likeness (QED) is 0.796. The number of pyridine rings is 1. The van der Waals surface area contributed by atoms with E-state index in [1.165, 1.54) is 18.4 Å².